The molecule has 1 aromatic heterocycles. The summed E-state index contributed by atoms with van der Waals surface area (Å²) in [6.07, 6.45) is 0.531. The first kappa shape index (κ1) is 15.0. The maximum Gasteiger partial charge on any atom is 0.323 e. The summed E-state index contributed by atoms with van der Waals surface area (Å²) >= 11 is 1.67. The first-order valence-corrected chi connectivity index (χ1v) is 6.47. The van der Waals surface area contributed by atoms with Gasteiger partial charge in [-0.15, -0.1) is 23.7 Å². The third kappa shape index (κ3) is 3.22. The van der Waals surface area contributed by atoms with Gasteiger partial charge in [0.15, 0.2) is 0 Å². The van der Waals surface area contributed by atoms with E-state index in [-0.39, 0.29) is 18.4 Å². The topological polar surface area (TPSA) is 52.3 Å². The van der Waals surface area contributed by atoms with E-state index in [1.165, 1.54) is 10.1 Å². The lowest BCUT2D eigenvalue weighted by Crippen LogP contribution is -2.34. The summed E-state index contributed by atoms with van der Waals surface area (Å²) in [5, 5.41) is 3.24. The Labute approximate surface area is 116 Å². The van der Waals surface area contributed by atoms with Gasteiger partial charge in [0.2, 0.25) is 0 Å². The Hall–Kier alpha value is -1.10. The lowest BCUT2D eigenvalue weighted by Gasteiger charge is -2.09. The minimum Gasteiger partial charge on any atom is -0.465 e. The molecule has 5 heteroatoms. The molecule has 18 heavy (non-hydrogen) atoms. The van der Waals surface area contributed by atoms with Gasteiger partial charge in [-0.2, -0.15) is 0 Å². The largest absolute Gasteiger partial charge is 0.465 e. The molecule has 2 aromatic rings. The van der Waals surface area contributed by atoms with Crippen molar-refractivity contribution in [2.24, 2.45) is 5.73 Å². The third-order valence-corrected chi connectivity index (χ3v) is 3.60. The SMILES string of the molecule is CCOC(=O)C(N)Cc1csc2ccccc12.Cl. The highest BCUT2D eigenvalue weighted by Crippen LogP contribution is 2.26. The molecule has 0 amide bonds. The van der Waals surface area contributed by atoms with Gasteiger partial charge in [0.05, 0.1) is 6.61 Å². The van der Waals surface area contributed by atoms with Gasteiger partial charge in [-0.25, -0.2) is 0 Å². The maximum atomic E-state index is 11.5. The van der Waals surface area contributed by atoms with Crippen LogP contribution >= 0.6 is 23.7 Å². The van der Waals surface area contributed by atoms with Gasteiger partial charge in [0.25, 0.3) is 0 Å². The molecule has 0 saturated heterocycles. The van der Waals surface area contributed by atoms with E-state index in [4.69, 9.17) is 10.5 Å². The number of carbonyl (C=O) groups excluding carboxylic acids is 1. The zero-order chi connectivity index (χ0) is 12.3. The van der Waals surface area contributed by atoms with Crippen LogP contribution in [0, 0.1) is 0 Å². The Bertz CT molecular complexity index is 526. The summed E-state index contributed by atoms with van der Waals surface area (Å²) in [5.74, 6) is -0.331. The van der Waals surface area contributed by atoms with Gasteiger partial charge in [0.1, 0.15) is 6.04 Å². The molecule has 0 radical (unpaired) electrons. The predicted octanol–water partition coefficient (Wildman–Crippen LogP) is 2.76. The van der Waals surface area contributed by atoms with E-state index in [1.54, 1.807) is 18.3 Å². The first-order valence-electron chi connectivity index (χ1n) is 5.59. The van der Waals surface area contributed by atoms with Crippen LogP contribution in [0.15, 0.2) is 29.6 Å². The summed E-state index contributed by atoms with van der Waals surface area (Å²) in [4.78, 5) is 11.5. The number of halogens is 1. The fourth-order valence-electron chi connectivity index (χ4n) is 1.76. The first-order chi connectivity index (χ1) is 8.22. The van der Waals surface area contributed by atoms with E-state index in [0.29, 0.717) is 13.0 Å². The van der Waals surface area contributed by atoms with Crippen molar-refractivity contribution >= 4 is 39.8 Å². The zero-order valence-corrected chi connectivity index (χ0v) is 11.7. The van der Waals surface area contributed by atoms with Crippen molar-refractivity contribution in [3.05, 3.63) is 35.2 Å². The number of hydrogen-bond acceptors (Lipinski definition) is 4. The van der Waals surface area contributed by atoms with E-state index >= 15 is 0 Å². The quantitative estimate of drug-likeness (QED) is 0.879. The van der Waals surface area contributed by atoms with Crippen LogP contribution in [0.2, 0.25) is 0 Å². The normalized spacial score (nSPS) is 11.9. The van der Waals surface area contributed by atoms with E-state index in [2.05, 4.69) is 17.5 Å². The molecular formula is C13H16ClNO2S. The molecule has 2 rings (SSSR count). The molecule has 1 aromatic carbocycles. The van der Waals surface area contributed by atoms with Crippen LogP contribution in [0.25, 0.3) is 10.1 Å². The Balaban J connectivity index is 0.00000162. The second-order valence-corrected chi connectivity index (χ2v) is 4.73. The molecule has 3 nitrogen and oxygen atoms in total. The second-order valence-electron chi connectivity index (χ2n) is 3.82. The number of esters is 1. The third-order valence-electron chi connectivity index (χ3n) is 2.59. The standard InChI is InChI=1S/C13H15NO2S.ClH/c1-2-16-13(15)11(14)7-9-8-17-12-6-4-3-5-10(9)12;/h3-6,8,11H,2,7,14H2,1H3;1H. The van der Waals surface area contributed by atoms with E-state index in [1.807, 2.05) is 12.1 Å². The molecule has 2 N–H and O–H groups in total. The number of carbonyl (C=O) groups is 1. The molecule has 0 fully saturated rings. The lowest BCUT2D eigenvalue weighted by molar-refractivity contribution is -0.144. The number of thiophene rings is 1. The van der Waals surface area contributed by atoms with Crippen LogP contribution in [0.5, 0.6) is 0 Å². The minimum absolute atomic E-state index is 0. The lowest BCUT2D eigenvalue weighted by atomic mass is 10.1. The number of fused-ring (bicyclic) bond motifs is 1. The summed E-state index contributed by atoms with van der Waals surface area (Å²) in [5.41, 5.74) is 6.93. The summed E-state index contributed by atoms with van der Waals surface area (Å²) in [6.45, 7) is 2.15. The second kappa shape index (κ2) is 6.73. The van der Waals surface area contributed by atoms with E-state index < -0.39 is 6.04 Å². The molecule has 0 aliphatic carbocycles. The van der Waals surface area contributed by atoms with Gasteiger partial charge in [-0.3, -0.25) is 4.79 Å². The summed E-state index contributed by atoms with van der Waals surface area (Å²) in [6, 6.07) is 7.55. The zero-order valence-electron chi connectivity index (χ0n) is 10.1. The predicted molar refractivity (Wildman–Crippen MR) is 77.4 cm³/mol. The van der Waals surface area contributed by atoms with E-state index in [0.717, 1.165) is 5.56 Å². The Morgan fingerprint density at radius 1 is 1.44 bits per heavy atom. The highest BCUT2D eigenvalue weighted by Gasteiger charge is 2.16. The van der Waals surface area contributed by atoms with Gasteiger partial charge in [0, 0.05) is 4.70 Å². The summed E-state index contributed by atoms with van der Waals surface area (Å²) < 4.78 is 6.12. The van der Waals surface area contributed by atoms with Crippen LogP contribution < -0.4 is 5.73 Å². The molecule has 1 atom stereocenters. The fourth-order valence-corrected chi connectivity index (χ4v) is 2.74. The molecule has 0 bridgehead atoms. The summed E-state index contributed by atoms with van der Waals surface area (Å²) in [7, 11) is 0. The molecule has 0 aliphatic rings. The van der Waals surface area contributed by atoms with Crippen molar-refractivity contribution in [3.8, 4) is 0 Å². The Kier molecular flexibility index (Phi) is 5.59. The van der Waals surface area contributed by atoms with Crippen molar-refractivity contribution in [1.29, 1.82) is 0 Å². The number of hydrogen-bond donors (Lipinski definition) is 1. The van der Waals surface area contributed by atoms with Crippen molar-refractivity contribution in [2.75, 3.05) is 6.61 Å². The van der Waals surface area contributed by atoms with Crippen LogP contribution in [-0.4, -0.2) is 18.6 Å². The molecule has 1 heterocycles. The highest BCUT2D eigenvalue weighted by molar-refractivity contribution is 7.17. The van der Waals surface area contributed by atoms with Crippen LogP contribution in [0.1, 0.15) is 12.5 Å². The van der Waals surface area contributed by atoms with Gasteiger partial charge in [-0.05, 0) is 35.7 Å². The number of ether oxygens (including phenoxy) is 1. The molecule has 0 aliphatic heterocycles. The minimum atomic E-state index is -0.576. The number of nitrogens with two attached hydrogens (primary N) is 1. The molecule has 0 saturated carbocycles. The van der Waals surface area contributed by atoms with Crippen molar-refractivity contribution in [3.63, 3.8) is 0 Å². The number of rotatable bonds is 4. The van der Waals surface area contributed by atoms with Gasteiger partial charge in [-0.1, -0.05) is 18.2 Å². The average molecular weight is 286 g/mol. The smallest absolute Gasteiger partial charge is 0.323 e. The maximum absolute atomic E-state index is 11.5. The fraction of sp³-hybridized carbons (Fsp3) is 0.308. The Morgan fingerprint density at radius 3 is 2.89 bits per heavy atom. The van der Waals surface area contributed by atoms with Crippen LogP contribution in [0.4, 0.5) is 0 Å². The molecule has 98 valence electrons. The Morgan fingerprint density at radius 2 is 2.17 bits per heavy atom. The van der Waals surface area contributed by atoms with Gasteiger partial charge < -0.3 is 10.5 Å². The molecular weight excluding hydrogens is 270 g/mol. The van der Waals surface area contributed by atoms with Crippen LogP contribution in [0.3, 0.4) is 0 Å². The van der Waals surface area contributed by atoms with Crippen molar-refractivity contribution in [2.45, 2.75) is 19.4 Å². The number of benzene rings is 1. The van der Waals surface area contributed by atoms with Gasteiger partial charge >= 0.3 is 5.97 Å². The molecule has 1 unspecified atom stereocenters. The highest BCUT2D eigenvalue weighted by atomic mass is 35.5. The van der Waals surface area contributed by atoms with Crippen LogP contribution in [-0.2, 0) is 16.0 Å². The monoisotopic (exact) mass is 285 g/mol. The molecule has 0 spiro atoms. The van der Waals surface area contributed by atoms with E-state index in [9.17, 15) is 4.79 Å². The average Bonchev–Trinajstić information content (AvgIpc) is 2.73. The van der Waals surface area contributed by atoms with Crippen molar-refractivity contribution in [1.82, 2.24) is 0 Å². The van der Waals surface area contributed by atoms with Crippen molar-refractivity contribution < 1.29 is 9.53 Å².